The molecular formula is C18H22N4O3. The third-order valence-corrected chi connectivity index (χ3v) is 4.97. The minimum atomic E-state index is -0.0918. The monoisotopic (exact) mass is 342 g/mol. The van der Waals surface area contributed by atoms with E-state index in [1.807, 2.05) is 30.0 Å². The van der Waals surface area contributed by atoms with Crippen molar-refractivity contribution in [2.24, 2.45) is 5.92 Å². The Morgan fingerprint density at radius 3 is 2.64 bits per heavy atom. The number of piperidine rings is 1. The summed E-state index contributed by atoms with van der Waals surface area (Å²) in [7, 11) is 0. The number of carbonyl (C=O) groups excluding carboxylic acids is 1. The Morgan fingerprint density at radius 1 is 1.20 bits per heavy atom. The Bertz CT molecular complexity index is 732. The number of likely N-dealkylation sites (tertiary alicyclic amines) is 1. The van der Waals surface area contributed by atoms with Crippen LogP contribution in [-0.4, -0.2) is 58.2 Å². The molecule has 4 rings (SSSR count). The van der Waals surface area contributed by atoms with Crippen LogP contribution >= 0.6 is 0 Å². The van der Waals surface area contributed by atoms with E-state index >= 15 is 0 Å². The standard InChI is InChI=1S/C18H22N4O3/c1-13-15(12-20-22(13)16-4-2-3-7-19-16)17(23)21-8-5-14(6-9-21)18-24-10-11-25-18/h2-4,7,12,14,18H,5-6,8-11H2,1H3. The Balaban J connectivity index is 1.44. The van der Waals surface area contributed by atoms with Crippen LogP contribution in [0, 0.1) is 12.8 Å². The van der Waals surface area contributed by atoms with Crippen molar-refractivity contribution < 1.29 is 14.3 Å². The van der Waals surface area contributed by atoms with Crippen LogP contribution in [0.2, 0.25) is 0 Å². The van der Waals surface area contributed by atoms with Gasteiger partial charge in [0.1, 0.15) is 0 Å². The molecule has 4 heterocycles. The van der Waals surface area contributed by atoms with Gasteiger partial charge in [-0.3, -0.25) is 4.79 Å². The number of ether oxygens (including phenoxy) is 2. The number of nitrogens with zero attached hydrogens (tertiary/aromatic N) is 4. The molecule has 0 N–H and O–H groups in total. The Hall–Kier alpha value is -2.25. The second kappa shape index (κ2) is 6.93. The van der Waals surface area contributed by atoms with Crippen molar-refractivity contribution in [2.75, 3.05) is 26.3 Å². The molecule has 0 aromatic carbocycles. The minimum absolute atomic E-state index is 0.0337. The first-order valence-corrected chi connectivity index (χ1v) is 8.72. The van der Waals surface area contributed by atoms with E-state index in [0.29, 0.717) is 30.5 Å². The molecule has 132 valence electrons. The number of carbonyl (C=O) groups is 1. The SMILES string of the molecule is Cc1c(C(=O)N2CCC(C3OCCO3)CC2)cnn1-c1ccccn1. The van der Waals surface area contributed by atoms with Crippen molar-refractivity contribution in [2.45, 2.75) is 26.1 Å². The molecule has 2 aliphatic heterocycles. The summed E-state index contributed by atoms with van der Waals surface area (Å²) in [5.74, 6) is 1.13. The number of pyridine rings is 1. The average molecular weight is 342 g/mol. The third kappa shape index (κ3) is 3.17. The van der Waals surface area contributed by atoms with E-state index in [1.165, 1.54) is 0 Å². The van der Waals surface area contributed by atoms with Gasteiger partial charge in [-0.1, -0.05) is 6.07 Å². The van der Waals surface area contributed by atoms with Crippen molar-refractivity contribution >= 4 is 5.91 Å². The predicted molar refractivity (Wildman–Crippen MR) is 90.4 cm³/mol. The molecule has 2 aromatic heterocycles. The second-order valence-corrected chi connectivity index (χ2v) is 6.48. The summed E-state index contributed by atoms with van der Waals surface area (Å²) in [5.41, 5.74) is 1.45. The minimum Gasteiger partial charge on any atom is -0.350 e. The molecule has 0 bridgehead atoms. The molecule has 2 fully saturated rings. The van der Waals surface area contributed by atoms with Crippen molar-refractivity contribution in [1.29, 1.82) is 0 Å². The summed E-state index contributed by atoms with van der Waals surface area (Å²) in [4.78, 5) is 19.1. The van der Waals surface area contributed by atoms with E-state index in [-0.39, 0.29) is 12.2 Å². The zero-order valence-electron chi connectivity index (χ0n) is 14.3. The average Bonchev–Trinajstić information content (AvgIpc) is 3.32. The van der Waals surface area contributed by atoms with Gasteiger partial charge >= 0.3 is 0 Å². The molecule has 2 saturated heterocycles. The van der Waals surface area contributed by atoms with Gasteiger partial charge in [-0.15, -0.1) is 0 Å². The Labute approximate surface area is 146 Å². The molecule has 2 aromatic rings. The van der Waals surface area contributed by atoms with Crippen LogP contribution in [0.3, 0.4) is 0 Å². The van der Waals surface area contributed by atoms with Gasteiger partial charge in [-0.25, -0.2) is 9.67 Å². The van der Waals surface area contributed by atoms with Gasteiger partial charge in [0, 0.05) is 25.2 Å². The lowest BCUT2D eigenvalue weighted by Gasteiger charge is -2.33. The van der Waals surface area contributed by atoms with Crippen LogP contribution in [0.15, 0.2) is 30.6 Å². The lowest BCUT2D eigenvalue weighted by atomic mass is 9.95. The highest BCUT2D eigenvalue weighted by atomic mass is 16.7. The van der Waals surface area contributed by atoms with Crippen molar-refractivity contribution in [1.82, 2.24) is 19.7 Å². The molecule has 0 radical (unpaired) electrons. The summed E-state index contributed by atoms with van der Waals surface area (Å²) in [5, 5.41) is 4.35. The van der Waals surface area contributed by atoms with E-state index in [0.717, 1.165) is 31.6 Å². The van der Waals surface area contributed by atoms with E-state index in [4.69, 9.17) is 9.47 Å². The van der Waals surface area contributed by atoms with Gasteiger partial charge in [0.15, 0.2) is 12.1 Å². The van der Waals surface area contributed by atoms with Crippen molar-refractivity contribution in [3.8, 4) is 5.82 Å². The van der Waals surface area contributed by atoms with Crippen LogP contribution in [0.4, 0.5) is 0 Å². The van der Waals surface area contributed by atoms with Crippen LogP contribution in [0.25, 0.3) is 5.82 Å². The zero-order chi connectivity index (χ0) is 17.2. The molecule has 7 heteroatoms. The molecule has 1 amide bonds. The van der Waals surface area contributed by atoms with Gasteiger partial charge in [-0.05, 0) is 31.9 Å². The number of rotatable bonds is 3. The first-order chi connectivity index (χ1) is 12.2. The number of hydrogen-bond acceptors (Lipinski definition) is 5. The molecule has 0 unspecified atom stereocenters. The van der Waals surface area contributed by atoms with E-state index in [2.05, 4.69) is 10.1 Å². The number of hydrogen-bond donors (Lipinski definition) is 0. The van der Waals surface area contributed by atoms with Crippen LogP contribution in [0.5, 0.6) is 0 Å². The molecular weight excluding hydrogens is 320 g/mol. The highest BCUT2D eigenvalue weighted by Crippen LogP contribution is 2.27. The highest BCUT2D eigenvalue weighted by Gasteiger charge is 2.32. The van der Waals surface area contributed by atoms with E-state index < -0.39 is 0 Å². The summed E-state index contributed by atoms with van der Waals surface area (Å²) in [6, 6.07) is 5.64. The summed E-state index contributed by atoms with van der Waals surface area (Å²) in [6.45, 7) is 4.70. The predicted octanol–water partition coefficient (Wildman–Crippen LogP) is 1.80. The van der Waals surface area contributed by atoms with Gasteiger partial charge in [0.05, 0.1) is 30.7 Å². The molecule has 7 nitrogen and oxygen atoms in total. The van der Waals surface area contributed by atoms with Gasteiger partial charge in [0.25, 0.3) is 5.91 Å². The number of aromatic nitrogens is 3. The molecule has 0 spiro atoms. The molecule has 25 heavy (non-hydrogen) atoms. The number of amides is 1. The topological polar surface area (TPSA) is 69.5 Å². The first kappa shape index (κ1) is 16.2. The lowest BCUT2D eigenvalue weighted by molar-refractivity contribution is -0.0956. The summed E-state index contributed by atoms with van der Waals surface area (Å²) >= 11 is 0. The fourth-order valence-corrected chi connectivity index (χ4v) is 3.52. The van der Waals surface area contributed by atoms with Crippen molar-refractivity contribution in [3.05, 3.63) is 41.9 Å². The molecule has 0 atom stereocenters. The fraction of sp³-hybridized carbons (Fsp3) is 0.500. The maximum atomic E-state index is 12.9. The first-order valence-electron chi connectivity index (χ1n) is 8.72. The maximum absolute atomic E-state index is 12.9. The highest BCUT2D eigenvalue weighted by molar-refractivity contribution is 5.95. The largest absolute Gasteiger partial charge is 0.350 e. The van der Waals surface area contributed by atoms with Crippen LogP contribution in [0.1, 0.15) is 28.9 Å². The van der Waals surface area contributed by atoms with Crippen LogP contribution < -0.4 is 0 Å². The molecule has 2 aliphatic rings. The van der Waals surface area contributed by atoms with E-state index in [9.17, 15) is 4.79 Å². The van der Waals surface area contributed by atoms with Gasteiger partial charge < -0.3 is 14.4 Å². The maximum Gasteiger partial charge on any atom is 0.257 e. The normalized spacial score (nSPS) is 19.5. The molecule has 0 aliphatic carbocycles. The fourth-order valence-electron chi connectivity index (χ4n) is 3.52. The third-order valence-electron chi connectivity index (χ3n) is 4.97. The van der Waals surface area contributed by atoms with Crippen molar-refractivity contribution in [3.63, 3.8) is 0 Å². The molecule has 0 saturated carbocycles. The summed E-state index contributed by atoms with van der Waals surface area (Å²) in [6.07, 6.45) is 5.08. The lowest BCUT2D eigenvalue weighted by Crippen LogP contribution is -2.41. The Morgan fingerprint density at radius 2 is 1.96 bits per heavy atom. The van der Waals surface area contributed by atoms with E-state index in [1.54, 1.807) is 17.1 Å². The van der Waals surface area contributed by atoms with Gasteiger partial charge in [0.2, 0.25) is 0 Å². The Kier molecular flexibility index (Phi) is 4.50. The van der Waals surface area contributed by atoms with Crippen LogP contribution in [-0.2, 0) is 9.47 Å². The summed E-state index contributed by atoms with van der Waals surface area (Å²) < 4.78 is 12.9. The smallest absolute Gasteiger partial charge is 0.257 e. The quantitative estimate of drug-likeness (QED) is 0.851. The second-order valence-electron chi connectivity index (χ2n) is 6.48. The van der Waals surface area contributed by atoms with Gasteiger partial charge in [-0.2, -0.15) is 5.10 Å². The zero-order valence-corrected chi connectivity index (χ0v) is 14.3.